The molecule has 1 spiro atoms. The highest BCUT2D eigenvalue weighted by Gasteiger charge is 2.57. The van der Waals surface area contributed by atoms with E-state index in [9.17, 15) is 9.90 Å². The fourth-order valence-electron chi connectivity index (χ4n) is 4.57. The molecule has 0 unspecified atom stereocenters. The second-order valence-corrected chi connectivity index (χ2v) is 6.20. The molecule has 1 N–H and O–H groups in total. The summed E-state index contributed by atoms with van der Waals surface area (Å²) in [5.41, 5.74) is 1.19. The standard InChI is InChI=1S/C15H19NO3/c17-12-2-1-11-4-6-16-5-3-10-9-19-14(18)7-13(10)15(11,16)8-12/h1-2,4,10,12-13,17H,3,5-9H2/t10-,12-,13-,15-/m0/s1. The summed E-state index contributed by atoms with van der Waals surface area (Å²) in [5.74, 6) is 0.678. The number of carbonyl (C=O) groups excluding carboxylic acids is 1. The highest BCUT2D eigenvalue weighted by atomic mass is 16.5. The molecule has 0 aromatic carbocycles. The number of aliphatic hydroxyl groups is 1. The lowest BCUT2D eigenvalue weighted by atomic mass is 9.62. The Labute approximate surface area is 112 Å². The maximum atomic E-state index is 11.7. The number of piperidine rings is 1. The molecule has 0 aromatic heterocycles. The molecule has 3 heterocycles. The average Bonchev–Trinajstić information content (AvgIpc) is 2.77. The number of nitrogens with zero attached hydrogens (tertiary/aromatic N) is 1. The molecule has 4 aliphatic rings. The zero-order valence-electron chi connectivity index (χ0n) is 10.9. The van der Waals surface area contributed by atoms with Crippen LogP contribution in [0.15, 0.2) is 23.8 Å². The number of rotatable bonds is 0. The van der Waals surface area contributed by atoms with E-state index in [-0.39, 0.29) is 11.5 Å². The first kappa shape index (κ1) is 11.7. The van der Waals surface area contributed by atoms with Crippen LogP contribution < -0.4 is 0 Å². The summed E-state index contributed by atoms with van der Waals surface area (Å²) in [6.45, 7) is 2.55. The van der Waals surface area contributed by atoms with Gasteiger partial charge in [-0.1, -0.05) is 18.2 Å². The number of aliphatic hydroxyl groups excluding tert-OH is 1. The molecule has 2 saturated heterocycles. The minimum absolute atomic E-state index is 0.0761. The SMILES string of the molecule is O=C1C[C@H]2[C@@H](CCN3CC=C4C=C[C@H](O)C[C@]423)CO1. The second-order valence-electron chi connectivity index (χ2n) is 6.20. The molecule has 102 valence electrons. The number of esters is 1. The second kappa shape index (κ2) is 3.93. The molecule has 0 aromatic rings. The number of carbonyl (C=O) groups is 1. The minimum Gasteiger partial charge on any atom is -0.465 e. The molecule has 4 rings (SSSR count). The van der Waals surface area contributed by atoms with Gasteiger partial charge < -0.3 is 9.84 Å². The first-order chi connectivity index (χ1) is 9.20. The number of ether oxygens (including phenoxy) is 1. The van der Waals surface area contributed by atoms with Crippen LogP contribution in [0.3, 0.4) is 0 Å². The van der Waals surface area contributed by atoms with Gasteiger partial charge in [0.2, 0.25) is 0 Å². The lowest BCUT2D eigenvalue weighted by Crippen LogP contribution is -2.62. The van der Waals surface area contributed by atoms with E-state index in [4.69, 9.17) is 4.74 Å². The van der Waals surface area contributed by atoms with Crippen LogP contribution in [0, 0.1) is 11.8 Å². The van der Waals surface area contributed by atoms with Gasteiger partial charge in [0.05, 0.1) is 24.7 Å². The number of hydrogen-bond acceptors (Lipinski definition) is 4. The molecule has 1 aliphatic carbocycles. The summed E-state index contributed by atoms with van der Waals surface area (Å²) < 4.78 is 5.24. The molecular weight excluding hydrogens is 242 g/mol. The third-order valence-electron chi connectivity index (χ3n) is 5.41. The van der Waals surface area contributed by atoms with Gasteiger partial charge in [-0.15, -0.1) is 0 Å². The largest absolute Gasteiger partial charge is 0.465 e. The van der Waals surface area contributed by atoms with Crippen LogP contribution in [0.4, 0.5) is 0 Å². The van der Waals surface area contributed by atoms with Crippen molar-refractivity contribution < 1.29 is 14.6 Å². The Morgan fingerprint density at radius 1 is 1.47 bits per heavy atom. The number of cyclic esters (lactones) is 1. The van der Waals surface area contributed by atoms with E-state index in [1.807, 2.05) is 6.08 Å². The Morgan fingerprint density at radius 3 is 3.26 bits per heavy atom. The van der Waals surface area contributed by atoms with Gasteiger partial charge in [0.15, 0.2) is 0 Å². The molecule has 4 heteroatoms. The van der Waals surface area contributed by atoms with E-state index >= 15 is 0 Å². The van der Waals surface area contributed by atoms with E-state index in [1.165, 1.54) is 5.57 Å². The van der Waals surface area contributed by atoms with E-state index in [0.29, 0.717) is 24.9 Å². The van der Waals surface area contributed by atoms with Crippen molar-refractivity contribution in [2.24, 2.45) is 11.8 Å². The van der Waals surface area contributed by atoms with Gasteiger partial charge >= 0.3 is 5.97 Å². The minimum atomic E-state index is -0.394. The average molecular weight is 261 g/mol. The van der Waals surface area contributed by atoms with Crippen molar-refractivity contribution in [1.82, 2.24) is 4.90 Å². The van der Waals surface area contributed by atoms with Gasteiger partial charge in [-0.3, -0.25) is 9.69 Å². The van der Waals surface area contributed by atoms with Gasteiger partial charge in [-0.2, -0.15) is 0 Å². The molecular formula is C15H19NO3. The Balaban J connectivity index is 1.78. The van der Waals surface area contributed by atoms with Gasteiger partial charge in [-0.25, -0.2) is 0 Å². The molecule has 0 radical (unpaired) electrons. The molecule has 0 saturated carbocycles. The van der Waals surface area contributed by atoms with Crippen molar-refractivity contribution in [1.29, 1.82) is 0 Å². The number of hydrogen-bond donors (Lipinski definition) is 1. The Bertz CT molecular complexity index is 484. The van der Waals surface area contributed by atoms with Gasteiger partial charge in [0, 0.05) is 6.54 Å². The van der Waals surface area contributed by atoms with Gasteiger partial charge in [0.25, 0.3) is 0 Å². The highest BCUT2D eigenvalue weighted by molar-refractivity contribution is 5.71. The lowest BCUT2D eigenvalue weighted by Gasteiger charge is -2.55. The van der Waals surface area contributed by atoms with Crippen LogP contribution in [0.25, 0.3) is 0 Å². The van der Waals surface area contributed by atoms with Crippen LogP contribution in [0.1, 0.15) is 19.3 Å². The Hall–Kier alpha value is -1.13. The molecule has 19 heavy (non-hydrogen) atoms. The van der Waals surface area contributed by atoms with E-state index < -0.39 is 6.10 Å². The number of fused-ring (bicyclic) bond motifs is 1. The third kappa shape index (κ3) is 1.50. The molecule has 3 aliphatic heterocycles. The monoisotopic (exact) mass is 261 g/mol. The van der Waals surface area contributed by atoms with Crippen molar-refractivity contribution in [3.8, 4) is 0 Å². The smallest absolute Gasteiger partial charge is 0.306 e. The summed E-state index contributed by atoms with van der Waals surface area (Å²) in [4.78, 5) is 14.2. The Morgan fingerprint density at radius 2 is 2.37 bits per heavy atom. The van der Waals surface area contributed by atoms with Crippen LogP contribution in [0.2, 0.25) is 0 Å². The fourth-order valence-corrected chi connectivity index (χ4v) is 4.57. The van der Waals surface area contributed by atoms with E-state index in [2.05, 4.69) is 17.1 Å². The van der Waals surface area contributed by atoms with Crippen molar-refractivity contribution >= 4 is 5.97 Å². The molecule has 4 atom stereocenters. The zero-order valence-corrected chi connectivity index (χ0v) is 10.9. The quantitative estimate of drug-likeness (QED) is 0.657. The fraction of sp³-hybridized carbons (Fsp3) is 0.667. The summed E-state index contributed by atoms with van der Waals surface area (Å²) in [5, 5.41) is 10.1. The maximum absolute atomic E-state index is 11.7. The highest BCUT2D eigenvalue weighted by Crippen LogP contribution is 2.52. The predicted molar refractivity (Wildman–Crippen MR) is 69.3 cm³/mol. The molecule has 0 bridgehead atoms. The van der Waals surface area contributed by atoms with Crippen LogP contribution in [-0.2, 0) is 9.53 Å². The maximum Gasteiger partial charge on any atom is 0.306 e. The van der Waals surface area contributed by atoms with Crippen molar-refractivity contribution in [3.05, 3.63) is 23.8 Å². The summed E-state index contributed by atoms with van der Waals surface area (Å²) in [7, 11) is 0. The van der Waals surface area contributed by atoms with Crippen molar-refractivity contribution in [2.45, 2.75) is 30.9 Å². The van der Waals surface area contributed by atoms with Crippen LogP contribution in [0.5, 0.6) is 0 Å². The molecule has 4 nitrogen and oxygen atoms in total. The normalized spacial score (nSPS) is 45.0. The summed E-state index contributed by atoms with van der Waals surface area (Å²) in [6, 6.07) is 0. The van der Waals surface area contributed by atoms with E-state index in [0.717, 1.165) is 25.9 Å². The Kier molecular flexibility index (Phi) is 2.42. The van der Waals surface area contributed by atoms with Crippen molar-refractivity contribution in [3.63, 3.8) is 0 Å². The summed E-state index contributed by atoms with van der Waals surface area (Å²) >= 11 is 0. The predicted octanol–water partition coefficient (Wildman–Crippen LogP) is 0.871. The lowest BCUT2D eigenvalue weighted by molar-refractivity contribution is -0.162. The third-order valence-corrected chi connectivity index (χ3v) is 5.41. The topological polar surface area (TPSA) is 49.8 Å². The first-order valence-corrected chi connectivity index (χ1v) is 7.18. The summed E-state index contributed by atoms with van der Waals surface area (Å²) in [6.07, 6.45) is 8.14. The zero-order chi connectivity index (χ0) is 13.0. The molecule has 0 amide bonds. The van der Waals surface area contributed by atoms with Gasteiger partial charge in [0.1, 0.15) is 0 Å². The van der Waals surface area contributed by atoms with Crippen LogP contribution >= 0.6 is 0 Å². The van der Waals surface area contributed by atoms with Crippen LogP contribution in [-0.4, -0.2) is 47.3 Å². The van der Waals surface area contributed by atoms with Gasteiger partial charge in [-0.05, 0) is 36.8 Å². The first-order valence-electron chi connectivity index (χ1n) is 7.18. The van der Waals surface area contributed by atoms with E-state index in [1.54, 1.807) is 0 Å². The van der Waals surface area contributed by atoms with Crippen molar-refractivity contribution in [2.75, 3.05) is 19.7 Å². The molecule has 2 fully saturated rings.